The van der Waals surface area contributed by atoms with E-state index in [1.807, 2.05) is 81.4 Å². The molecule has 0 aliphatic rings. The van der Waals surface area contributed by atoms with Crippen LogP contribution in [0.25, 0.3) is 10.8 Å². The van der Waals surface area contributed by atoms with E-state index in [-0.39, 0.29) is 18.9 Å². The van der Waals surface area contributed by atoms with Gasteiger partial charge < -0.3 is 10.2 Å². The largest absolute Gasteiger partial charge is 0.350 e. The summed E-state index contributed by atoms with van der Waals surface area (Å²) in [6.45, 7) is 5.01. The van der Waals surface area contributed by atoms with Gasteiger partial charge in [-0.3, -0.25) is 13.9 Å². The lowest BCUT2D eigenvalue weighted by molar-refractivity contribution is -0.140. The van der Waals surface area contributed by atoms with Crippen molar-refractivity contribution in [2.24, 2.45) is 0 Å². The maximum absolute atomic E-state index is 14.4. The Hall–Kier alpha value is -3.59. The van der Waals surface area contributed by atoms with Gasteiger partial charge in [-0.25, -0.2) is 8.42 Å². The summed E-state index contributed by atoms with van der Waals surface area (Å²) in [4.78, 5) is 29.6. The summed E-state index contributed by atoms with van der Waals surface area (Å²) in [6, 6.07) is 26.0. The summed E-state index contributed by atoms with van der Waals surface area (Å²) in [7, 11) is -3.92. The number of amides is 2. The molecular weight excluding hydrogens is 605 g/mol. The molecule has 0 heterocycles. The molecule has 0 radical (unpaired) electrons. The van der Waals surface area contributed by atoms with E-state index in [1.165, 1.54) is 4.90 Å². The van der Waals surface area contributed by atoms with E-state index in [0.717, 1.165) is 21.5 Å². The first-order chi connectivity index (χ1) is 20.2. The summed E-state index contributed by atoms with van der Waals surface area (Å²) in [5, 5.41) is 5.27. The Balaban J connectivity index is 1.82. The summed E-state index contributed by atoms with van der Waals surface area (Å²) in [5.74, 6) is -0.930. The number of benzene rings is 4. The number of nitrogens with zero attached hydrogens (tertiary/aromatic N) is 2. The van der Waals surface area contributed by atoms with Crippen LogP contribution in [0.15, 0.2) is 91.0 Å². The Morgan fingerprint density at radius 1 is 0.884 bits per heavy atom. The first kappa shape index (κ1) is 32.3. The molecular formula is C33H35Cl2N3O4S. The minimum Gasteiger partial charge on any atom is -0.350 e. The van der Waals surface area contributed by atoms with Gasteiger partial charge in [0.25, 0.3) is 0 Å². The molecule has 0 aliphatic carbocycles. The van der Waals surface area contributed by atoms with Gasteiger partial charge in [-0.1, -0.05) is 96.0 Å². The molecule has 4 rings (SSSR count). The average molecular weight is 641 g/mol. The highest BCUT2D eigenvalue weighted by molar-refractivity contribution is 7.92. The lowest BCUT2D eigenvalue weighted by Gasteiger charge is -2.35. The molecule has 7 nitrogen and oxygen atoms in total. The van der Waals surface area contributed by atoms with Crippen LogP contribution in [0.2, 0.25) is 10.0 Å². The van der Waals surface area contributed by atoms with Gasteiger partial charge in [-0.05, 0) is 55.5 Å². The number of anilines is 1. The van der Waals surface area contributed by atoms with E-state index >= 15 is 0 Å². The summed E-state index contributed by atoms with van der Waals surface area (Å²) in [6.07, 6.45) is 1.27. The number of carbonyl (C=O) groups excluding carboxylic acids is 2. The number of fused-ring (bicyclic) bond motifs is 1. The van der Waals surface area contributed by atoms with Crippen molar-refractivity contribution in [1.29, 1.82) is 0 Å². The minimum atomic E-state index is -3.92. The molecule has 0 aliphatic heterocycles. The van der Waals surface area contributed by atoms with Gasteiger partial charge in [0.1, 0.15) is 12.6 Å². The quantitative estimate of drug-likeness (QED) is 0.216. The highest BCUT2D eigenvalue weighted by Gasteiger charge is 2.35. The zero-order valence-corrected chi connectivity index (χ0v) is 26.9. The van der Waals surface area contributed by atoms with Crippen molar-refractivity contribution < 1.29 is 18.0 Å². The maximum atomic E-state index is 14.4. The first-order valence-electron chi connectivity index (χ1n) is 13.8. The third kappa shape index (κ3) is 8.50. The minimum absolute atomic E-state index is 0.0446. The zero-order chi connectivity index (χ0) is 31.4. The van der Waals surface area contributed by atoms with Crippen LogP contribution in [0.3, 0.4) is 0 Å². The molecule has 4 aromatic rings. The summed E-state index contributed by atoms with van der Waals surface area (Å²) >= 11 is 12.7. The molecule has 0 unspecified atom stereocenters. The molecule has 0 aromatic heterocycles. The Morgan fingerprint density at radius 2 is 1.53 bits per heavy atom. The zero-order valence-electron chi connectivity index (χ0n) is 24.6. The molecule has 1 N–H and O–H groups in total. The predicted molar refractivity (Wildman–Crippen MR) is 175 cm³/mol. The fraction of sp³-hybridized carbons (Fsp3) is 0.273. The Labute approximate surface area is 263 Å². The van der Waals surface area contributed by atoms with Gasteiger partial charge in [0.15, 0.2) is 0 Å². The molecule has 1 atom stereocenters. The predicted octanol–water partition coefficient (Wildman–Crippen LogP) is 6.47. The van der Waals surface area contributed by atoms with Crippen LogP contribution in [0.5, 0.6) is 0 Å². The van der Waals surface area contributed by atoms with E-state index in [9.17, 15) is 18.0 Å². The second-order valence-corrected chi connectivity index (χ2v) is 14.2. The molecule has 226 valence electrons. The summed E-state index contributed by atoms with van der Waals surface area (Å²) < 4.78 is 27.5. The maximum Gasteiger partial charge on any atom is 0.244 e. The average Bonchev–Trinajstić information content (AvgIpc) is 2.93. The molecule has 0 fully saturated rings. The van der Waals surface area contributed by atoms with Crippen molar-refractivity contribution in [2.45, 2.75) is 45.3 Å². The smallest absolute Gasteiger partial charge is 0.244 e. The lowest BCUT2D eigenvalue weighted by atomic mass is 10.0. The van der Waals surface area contributed by atoms with Gasteiger partial charge in [0, 0.05) is 33.9 Å². The van der Waals surface area contributed by atoms with Gasteiger partial charge in [-0.15, -0.1) is 0 Å². The van der Waals surface area contributed by atoms with Crippen molar-refractivity contribution in [3.63, 3.8) is 0 Å². The SMILES string of the molecule is CC(C)(C)NC(=O)[C@@H](Cc1ccccc1)N(Cc1ccc(Cl)cc1Cl)C(=O)CN(c1cccc2ccccc12)S(C)(=O)=O. The number of hydrogen-bond donors (Lipinski definition) is 1. The Bertz CT molecular complexity index is 1720. The number of hydrogen-bond acceptors (Lipinski definition) is 4. The van der Waals surface area contributed by atoms with Crippen LogP contribution in [-0.2, 0) is 32.6 Å². The van der Waals surface area contributed by atoms with E-state index in [0.29, 0.717) is 26.7 Å². The number of carbonyl (C=O) groups is 2. The number of rotatable bonds is 10. The van der Waals surface area contributed by atoms with Gasteiger partial charge >= 0.3 is 0 Å². The topological polar surface area (TPSA) is 86.8 Å². The van der Waals surface area contributed by atoms with Crippen molar-refractivity contribution in [3.05, 3.63) is 112 Å². The second-order valence-electron chi connectivity index (χ2n) is 11.5. The molecule has 10 heteroatoms. The van der Waals surface area contributed by atoms with E-state index in [2.05, 4.69) is 5.32 Å². The van der Waals surface area contributed by atoms with Crippen LogP contribution < -0.4 is 9.62 Å². The highest BCUT2D eigenvalue weighted by Crippen LogP contribution is 2.30. The Morgan fingerprint density at radius 3 is 2.19 bits per heavy atom. The molecule has 0 saturated carbocycles. The third-order valence-corrected chi connectivity index (χ3v) is 8.55. The molecule has 2 amide bonds. The van der Waals surface area contributed by atoms with Crippen molar-refractivity contribution in [1.82, 2.24) is 10.2 Å². The van der Waals surface area contributed by atoms with Crippen molar-refractivity contribution >= 4 is 61.5 Å². The molecule has 0 bridgehead atoms. The Kier molecular flexibility index (Phi) is 10.1. The standard InChI is InChI=1S/C33H35Cl2N3O4S/c1-33(2,3)36-32(40)30(19-23-11-6-5-7-12-23)37(21-25-17-18-26(34)20-28(25)35)31(39)22-38(43(4,41)42)29-16-10-14-24-13-8-9-15-27(24)29/h5-18,20,30H,19,21-22H2,1-4H3,(H,36,40)/t30-/m1/s1. The second kappa shape index (κ2) is 13.4. The van der Waals surface area contributed by atoms with E-state index in [4.69, 9.17) is 23.2 Å². The lowest BCUT2D eigenvalue weighted by Crippen LogP contribution is -2.56. The fourth-order valence-corrected chi connectivity index (χ4v) is 6.19. The van der Waals surface area contributed by atoms with Crippen molar-refractivity contribution in [2.75, 3.05) is 17.1 Å². The number of nitrogens with one attached hydrogen (secondary N) is 1. The summed E-state index contributed by atoms with van der Waals surface area (Å²) in [5.41, 5.74) is 1.19. The first-order valence-corrected chi connectivity index (χ1v) is 16.4. The molecule has 4 aromatic carbocycles. The highest BCUT2D eigenvalue weighted by atomic mass is 35.5. The number of sulfonamides is 1. The van der Waals surface area contributed by atoms with Crippen LogP contribution in [0, 0.1) is 0 Å². The normalized spacial score (nSPS) is 12.5. The van der Waals surface area contributed by atoms with Gasteiger partial charge in [0.05, 0.1) is 11.9 Å². The van der Waals surface area contributed by atoms with Crippen LogP contribution in [0.1, 0.15) is 31.9 Å². The van der Waals surface area contributed by atoms with Gasteiger partial charge in [0.2, 0.25) is 21.8 Å². The van der Waals surface area contributed by atoms with E-state index < -0.39 is 34.1 Å². The van der Waals surface area contributed by atoms with Crippen LogP contribution in [-0.4, -0.2) is 49.5 Å². The molecule has 0 spiro atoms. The fourth-order valence-electron chi connectivity index (χ4n) is 4.86. The monoisotopic (exact) mass is 639 g/mol. The number of halogens is 2. The third-order valence-electron chi connectivity index (χ3n) is 6.84. The van der Waals surface area contributed by atoms with Crippen molar-refractivity contribution in [3.8, 4) is 0 Å². The van der Waals surface area contributed by atoms with Crippen LogP contribution >= 0.6 is 23.2 Å². The molecule has 0 saturated heterocycles. The molecule has 43 heavy (non-hydrogen) atoms. The van der Waals surface area contributed by atoms with E-state index in [1.54, 1.807) is 30.3 Å². The van der Waals surface area contributed by atoms with Gasteiger partial charge in [-0.2, -0.15) is 0 Å². The van der Waals surface area contributed by atoms with Crippen LogP contribution in [0.4, 0.5) is 5.69 Å².